The average Bonchev–Trinajstić information content (AvgIpc) is 2.45. The lowest BCUT2D eigenvalue weighted by molar-refractivity contribution is -0.140. The number of nitrogen functional groups attached to an aromatic ring is 1. The lowest BCUT2D eigenvalue weighted by Gasteiger charge is -2.14. The van der Waals surface area contributed by atoms with Gasteiger partial charge in [0.2, 0.25) is 0 Å². The van der Waals surface area contributed by atoms with Gasteiger partial charge in [-0.3, -0.25) is 4.79 Å². The molecule has 0 fully saturated rings. The second-order valence-corrected chi connectivity index (χ2v) is 4.72. The second-order valence-electron chi connectivity index (χ2n) is 4.72. The number of hydrogen-bond acceptors (Lipinski definition) is 4. The SMILES string of the molecule is Nc1ccc(CCNC(=O)N[C@@H](CCC(=O)O)C(=O)O)cc1. The zero-order valence-corrected chi connectivity index (χ0v) is 11.9. The first-order valence-electron chi connectivity index (χ1n) is 6.72. The van der Waals surface area contributed by atoms with Crippen molar-refractivity contribution in [3.63, 3.8) is 0 Å². The lowest BCUT2D eigenvalue weighted by atomic mass is 10.1. The smallest absolute Gasteiger partial charge is 0.326 e. The van der Waals surface area contributed by atoms with E-state index in [0.717, 1.165) is 5.56 Å². The van der Waals surface area contributed by atoms with Crippen molar-refractivity contribution in [1.82, 2.24) is 10.6 Å². The molecule has 0 heterocycles. The maximum absolute atomic E-state index is 11.6. The fraction of sp³-hybridized carbons (Fsp3) is 0.357. The van der Waals surface area contributed by atoms with Crippen LogP contribution in [0.1, 0.15) is 18.4 Å². The summed E-state index contributed by atoms with van der Waals surface area (Å²) in [6.45, 7) is 0.320. The van der Waals surface area contributed by atoms with Crippen LogP contribution in [0.2, 0.25) is 0 Å². The van der Waals surface area contributed by atoms with E-state index in [0.29, 0.717) is 18.7 Å². The molecule has 0 aromatic heterocycles. The van der Waals surface area contributed by atoms with Crippen molar-refractivity contribution in [2.75, 3.05) is 12.3 Å². The number of anilines is 1. The number of urea groups is 1. The number of rotatable bonds is 8. The van der Waals surface area contributed by atoms with Gasteiger partial charge < -0.3 is 26.6 Å². The van der Waals surface area contributed by atoms with E-state index in [1.807, 2.05) is 12.1 Å². The highest BCUT2D eigenvalue weighted by Crippen LogP contribution is 2.05. The number of carbonyl (C=O) groups excluding carboxylic acids is 1. The highest BCUT2D eigenvalue weighted by molar-refractivity contribution is 5.83. The molecule has 0 bridgehead atoms. The summed E-state index contributed by atoms with van der Waals surface area (Å²) in [4.78, 5) is 33.0. The lowest BCUT2D eigenvalue weighted by Crippen LogP contribution is -2.46. The molecule has 1 aromatic rings. The number of hydrogen-bond donors (Lipinski definition) is 5. The number of aliphatic carboxylic acids is 2. The van der Waals surface area contributed by atoms with E-state index in [9.17, 15) is 14.4 Å². The monoisotopic (exact) mass is 309 g/mol. The van der Waals surface area contributed by atoms with Gasteiger partial charge in [-0.2, -0.15) is 0 Å². The van der Waals surface area contributed by atoms with Crippen molar-refractivity contribution in [3.05, 3.63) is 29.8 Å². The molecule has 6 N–H and O–H groups in total. The highest BCUT2D eigenvalue weighted by atomic mass is 16.4. The first-order valence-corrected chi connectivity index (χ1v) is 6.72. The minimum Gasteiger partial charge on any atom is -0.481 e. The molecule has 1 rings (SSSR count). The fourth-order valence-corrected chi connectivity index (χ4v) is 1.74. The van der Waals surface area contributed by atoms with E-state index in [4.69, 9.17) is 15.9 Å². The maximum atomic E-state index is 11.6. The highest BCUT2D eigenvalue weighted by Gasteiger charge is 2.20. The van der Waals surface area contributed by atoms with Gasteiger partial charge in [-0.25, -0.2) is 9.59 Å². The molecule has 22 heavy (non-hydrogen) atoms. The van der Waals surface area contributed by atoms with E-state index in [1.165, 1.54) is 0 Å². The Hall–Kier alpha value is -2.77. The van der Waals surface area contributed by atoms with Gasteiger partial charge in [0, 0.05) is 18.7 Å². The van der Waals surface area contributed by atoms with Crippen LogP contribution in [0, 0.1) is 0 Å². The molecule has 0 saturated carbocycles. The Bertz CT molecular complexity index is 530. The van der Waals surface area contributed by atoms with Gasteiger partial charge in [-0.1, -0.05) is 12.1 Å². The minimum atomic E-state index is -1.27. The van der Waals surface area contributed by atoms with Crippen LogP contribution in [-0.4, -0.2) is 40.8 Å². The summed E-state index contributed by atoms with van der Waals surface area (Å²) in [6.07, 6.45) is 0.0687. The van der Waals surface area contributed by atoms with Gasteiger partial charge in [0.15, 0.2) is 0 Å². The van der Waals surface area contributed by atoms with Gasteiger partial charge in [0.05, 0.1) is 0 Å². The van der Waals surface area contributed by atoms with Gasteiger partial charge in [-0.15, -0.1) is 0 Å². The third-order valence-electron chi connectivity index (χ3n) is 2.93. The number of benzene rings is 1. The van der Waals surface area contributed by atoms with E-state index in [-0.39, 0.29) is 12.8 Å². The zero-order valence-electron chi connectivity index (χ0n) is 11.9. The molecule has 1 aromatic carbocycles. The van der Waals surface area contributed by atoms with Crippen molar-refractivity contribution in [2.45, 2.75) is 25.3 Å². The number of carboxylic acids is 2. The molecule has 0 unspecified atom stereocenters. The van der Waals surface area contributed by atoms with E-state index < -0.39 is 24.0 Å². The summed E-state index contributed by atoms with van der Waals surface area (Å²) in [7, 11) is 0. The number of nitrogens with two attached hydrogens (primary N) is 1. The van der Waals surface area contributed by atoms with Crippen molar-refractivity contribution < 1.29 is 24.6 Å². The summed E-state index contributed by atoms with van der Waals surface area (Å²) >= 11 is 0. The quantitative estimate of drug-likeness (QED) is 0.441. The molecule has 2 amide bonds. The molecule has 0 aliphatic rings. The molecular formula is C14H19N3O5. The summed E-state index contributed by atoms with van der Waals surface area (Å²) in [5, 5.41) is 22.2. The van der Waals surface area contributed by atoms with E-state index in [1.54, 1.807) is 12.1 Å². The van der Waals surface area contributed by atoms with E-state index in [2.05, 4.69) is 10.6 Å². The Balaban J connectivity index is 2.35. The van der Waals surface area contributed by atoms with Crippen molar-refractivity contribution in [1.29, 1.82) is 0 Å². The fourth-order valence-electron chi connectivity index (χ4n) is 1.74. The molecule has 0 radical (unpaired) electrons. The van der Waals surface area contributed by atoms with Crippen LogP contribution >= 0.6 is 0 Å². The third-order valence-corrected chi connectivity index (χ3v) is 2.93. The van der Waals surface area contributed by atoms with Gasteiger partial charge in [-0.05, 0) is 30.5 Å². The standard InChI is InChI=1S/C14H19N3O5/c15-10-3-1-9(2-4-10)7-8-16-14(22)17-11(13(20)21)5-6-12(18)19/h1-4,11H,5-8,15H2,(H,18,19)(H,20,21)(H2,16,17,22)/t11-/m0/s1. The molecule has 0 saturated heterocycles. The van der Waals surface area contributed by atoms with Crippen molar-refractivity contribution in [2.24, 2.45) is 0 Å². The summed E-state index contributed by atoms with van der Waals surface area (Å²) in [6, 6.07) is 5.30. The Labute approximate surface area is 127 Å². The number of nitrogens with one attached hydrogen (secondary N) is 2. The summed E-state index contributed by atoms with van der Waals surface area (Å²) in [5.74, 6) is -2.38. The maximum Gasteiger partial charge on any atom is 0.326 e. The molecule has 8 heteroatoms. The first-order chi connectivity index (χ1) is 10.4. The first kappa shape index (κ1) is 17.3. The Morgan fingerprint density at radius 1 is 1.14 bits per heavy atom. The van der Waals surface area contributed by atoms with Crippen molar-refractivity contribution in [3.8, 4) is 0 Å². The van der Waals surface area contributed by atoms with Crippen molar-refractivity contribution >= 4 is 23.7 Å². The largest absolute Gasteiger partial charge is 0.481 e. The Kier molecular flexibility index (Phi) is 6.68. The normalized spacial score (nSPS) is 11.5. The van der Waals surface area contributed by atoms with Gasteiger partial charge >= 0.3 is 18.0 Å². The second kappa shape index (κ2) is 8.50. The minimum absolute atomic E-state index is 0.171. The molecule has 0 aliphatic carbocycles. The Morgan fingerprint density at radius 3 is 2.32 bits per heavy atom. The van der Waals surface area contributed by atoms with Gasteiger partial charge in [0.1, 0.15) is 6.04 Å². The van der Waals surface area contributed by atoms with Gasteiger partial charge in [0.25, 0.3) is 0 Å². The van der Waals surface area contributed by atoms with Crippen LogP contribution in [0.25, 0.3) is 0 Å². The summed E-state index contributed by atoms with van der Waals surface area (Å²) in [5.41, 5.74) is 7.19. The topological polar surface area (TPSA) is 142 Å². The van der Waals surface area contributed by atoms with Crippen LogP contribution in [0.4, 0.5) is 10.5 Å². The summed E-state index contributed by atoms with van der Waals surface area (Å²) < 4.78 is 0. The Morgan fingerprint density at radius 2 is 1.77 bits per heavy atom. The molecule has 8 nitrogen and oxygen atoms in total. The van der Waals surface area contributed by atoms with E-state index >= 15 is 0 Å². The molecule has 0 aliphatic heterocycles. The number of carboxylic acid groups (broad SMARTS) is 2. The number of carbonyl (C=O) groups is 3. The molecule has 1 atom stereocenters. The van der Waals surface area contributed by atoms with Crippen LogP contribution in [0.3, 0.4) is 0 Å². The number of amides is 2. The van der Waals surface area contributed by atoms with Crippen LogP contribution in [-0.2, 0) is 16.0 Å². The third kappa shape index (κ3) is 6.60. The van der Waals surface area contributed by atoms with Crippen LogP contribution in [0.5, 0.6) is 0 Å². The molecule has 120 valence electrons. The predicted octanol–water partition coefficient (Wildman–Crippen LogP) is 0.428. The molecule has 0 spiro atoms. The van der Waals surface area contributed by atoms with Crippen LogP contribution in [0.15, 0.2) is 24.3 Å². The molecular weight excluding hydrogens is 290 g/mol. The zero-order chi connectivity index (χ0) is 16.5. The van der Waals surface area contributed by atoms with Crippen LogP contribution < -0.4 is 16.4 Å². The average molecular weight is 309 g/mol. The predicted molar refractivity (Wildman–Crippen MR) is 79.4 cm³/mol.